The highest BCUT2D eigenvalue weighted by molar-refractivity contribution is 9.10. The molecule has 78 valence electrons. The van der Waals surface area contributed by atoms with E-state index in [1.54, 1.807) is 0 Å². The van der Waals surface area contributed by atoms with E-state index in [4.69, 9.17) is 11.6 Å². The Morgan fingerprint density at radius 1 is 1.29 bits per heavy atom. The van der Waals surface area contributed by atoms with Crippen LogP contribution in [0.25, 0.3) is 0 Å². The Morgan fingerprint density at radius 2 is 1.93 bits per heavy atom. The maximum absolute atomic E-state index is 5.92. The highest BCUT2D eigenvalue weighted by Gasteiger charge is 2.06. The van der Waals surface area contributed by atoms with E-state index < -0.39 is 0 Å². The Hall–Kier alpha value is -0.0100. The fourth-order valence-corrected chi connectivity index (χ4v) is 2.12. The van der Waals surface area contributed by atoms with E-state index in [9.17, 15) is 0 Å². The van der Waals surface area contributed by atoms with E-state index in [2.05, 4.69) is 47.1 Å². The predicted molar refractivity (Wildman–Crippen MR) is 67.0 cm³/mol. The van der Waals surface area contributed by atoms with Crippen LogP contribution in [0.1, 0.15) is 25.3 Å². The summed E-state index contributed by atoms with van der Waals surface area (Å²) in [6.45, 7) is 2.21. The SMILES string of the molecule is CCCC(CCl)Cc1ccc(Br)cc1. The van der Waals surface area contributed by atoms with Crippen LogP contribution >= 0.6 is 27.5 Å². The molecule has 0 saturated carbocycles. The molecule has 0 saturated heterocycles. The Bertz CT molecular complexity index is 256. The zero-order valence-corrected chi connectivity index (χ0v) is 10.8. The lowest BCUT2D eigenvalue weighted by atomic mass is 9.97. The summed E-state index contributed by atoms with van der Waals surface area (Å²) in [5, 5.41) is 0. The van der Waals surface area contributed by atoms with Gasteiger partial charge in [-0.05, 0) is 36.5 Å². The minimum Gasteiger partial charge on any atom is -0.126 e. The highest BCUT2D eigenvalue weighted by atomic mass is 79.9. The minimum absolute atomic E-state index is 0.628. The summed E-state index contributed by atoms with van der Waals surface area (Å²) in [7, 11) is 0. The maximum atomic E-state index is 5.92. The van der Waals surface area contributed by atoms with Gasteiger partial charge in [-0.1, -0.05) is 41.4 Å². The summed E-state index contributed by atoms with van der Waals surface area (Å²) in [6, 6.07) is 8.51. The van der Waals surface area contributed by atoms with Crippen LogP contribution in [0.15, 0.2) is 28.7 Å². The molecule has 0 fully saturated rings. The van der Waals surface area contributed by atoms with Crippen molar-refractivity contribution < 1.29 is 0 Å². The molecular weight excluding hydrogens is 259 g/mol. The van der Waals surface area contributed by atoms with Gasteiger partial charge in [-0.15, -0.1) is 11.6 Å². The summed E-state index contributed by atoms with van der Waals surface area (Å²) in [5.41, 5.74) is 1.38. The Morgan fingerprint density at radius 3 is 2.43 bits per heavy atom. The topological polar surface area (TPSA) is 0 Å². The van der Waals surface area contributed by atoms with Crippen LogP contribution in [-0.2, 0) is 6.42 Å². The molecule has 14 heavy (non-hydrogen) atoms. The summed E-state index contributed by atoms with van der Waals surface area (Å²) in [4.78, 5) is 0. The molecule has 2 heteroatoms. The molecule has 0 aromatic heterocycles. The zero-order chi connectivity index (χ0) is 10.4. The van der Waals surface area contributed by atoms with Crippen molar-refractivity contribution in [3.63, 3.8) is 0 Å². The second-order valence-electron chi connectivity index (χ2n) is 3.64. The van der Waals surface area contributed by atoms with Crippen molar-refractivity contribution in [1.82, 2.24) is 0 Å². The van der Waals surface area contributed by atoms with Gasteiger partial charge in [-0.3, -0.25) is 0 Å². The van der Waals surface area contributed by atoms with E-state index >= 15 is 0 Å². The van der Waals surface area contributed by atoms with Crippen molar-refractivity contribution in [2.45, 2.75) is 26.2 Å². The number of alkyl halides is 1. The minimum atomic E-state index is 0.628. The van der Waals surface area contributed by atoms with Gasteiger partial charge < -0.3 is 0 Å². The van der Waals surface area contributed by atoms with E-state index in [-0.39, 0.29) is 0 Å². The van der Waals surface area contributed by atoms with Crippen molar-refractivity contribution in [2.24, 2.45) is 5.92 Å². The molecule has 0 bridgehead atoms. The predicted octanol–water partition coefficient (Wildman–Crippen LogP) is 4.65. The Labute approximate surface area is 99.8 Å². The molecule has 0 spiro atoms. The number of halogens is 2. The van der Waals surface area contributed by atoms with Gasteiger partial charge in [-0.2, -0.15) is 0 Å². The Balaban J connectivity index is 2.53. The maximum Gasteiger partial charge on any atom is 0.0254 e. The third-order valence-electron chi connectivity index (χ3n) is 2.35. The van der Waals surface area contributed by atoms with Crippen LogP contribution < -0.4 is 0 Å². The third-order valence-corrected chi connectivity index (χ3v) is 3.32. The molecule has 0 N–H and O–H groups in total. The highest BCUT2D eigenvalue weighted by Crippen LogP contribution is 2.17. The van der Waals surface area contributed by atoms with Crippen LogP contribution in [0.3, 0.4) is 0 Å². The summed E-state index contributed by atoms with van der Waals surface area (Å²) in [5.74, 6) is 1.40. The number of rotatable bonds is 5. The van der Waals surface area contributed by atoms with Gasteiger partial charge in [0.05, 0.1) is 0 Å². The van der Waals surface area contributed by atoms with Crippen LogP contribution in [0.5, 0.6) is 0 Å². The van der Waals surface area contributed by atoms with Crippen molar-refractivity contribution in [2.75, 3.05) is 5.88 Å². The van der Waals surface area contributed by atoms with Crippen molar-refractivity contribution in [3.05, 3.63) is 34.3 Å². The Kier molecular flexibility index (Phi) is 5.57. The average molecular weight is 276 g/mol. The first-order valence-corrected chi connectivity index (χ1v) is 6.39. The average Bonchev–Trinajstić information content (AvgIpc) is 2.20. The van der Waals surface area contributed by atoms with Gasteiger partial charge in [0.25, 0.3) is 0 Å². The van der Waals surface area contributed by atoms with Crippen LogP contribution in [0.4, 0.5) is 0 Å². The third kappa shape index (κ3) is 4.02. The van der Waals surface area contributed by atoms with Gasteiger partial charge in [-0.25, -0.2) is 0 Å². The molecule has 0 nitrogen and oxygen atoms in total. The van der Waals surface area contributed by atoms with Gasteiger partial charge in [0.15, 0.2) is 0 Å². The van der Waals surface area contributed by atoms with Crippen molar-refractivity contribution in [1.29, 1.82) is 0 Å². The van der Waals surface area contributed by atoms with Crippen molar-refractivity contribution >= 4 is 27.5 Å². The van der Waals surface area contributed by atoms with Crippen LogP contribution in [0.2, 0.25) is 0 Å². The molecule has 1 unspecified atom stereocenters. The smallest absolute Gasteiger partial charge is 0.0254 e. The first-order chi connectivity index (χ1) is 6.76. The number of hydrogen-bond acceptors (Lipinski definition) is 0. The number of benzene rings is 1. The zero-order valence-electron chi connectivity index (χ0n) is 8.47. The lowest BCUT2D eigenvalue weighted by molar-refractivity contribution is 0.528. The first-order valence-electron chi connectivity index (χ1n) is 5.06. The van der Waals surface area contributed by atoms with Gasteiger partial charge >= 0.3 is 0 Å². The lowest BCUT2D eigenvalue weighted by Crippen LogP contribution is -2.05. The number of hydrogen-bond donors (Lipinski definition) is 0. The van der Waals surface area contributed by atoms with Gasteiger partial charge in [0.1, 0.15) is 0 Å². The van der Waals surface area contributed by atoms with E-state index in [1.807, 2.05) is 0 Å². The molecule has 1 rings (SSSR count). The second-order valence-corrected chi connectivity index (χ2v) is 4.86. The second kappa shape index (κ2) is 6.47. The first kappa shape index (κ1) is 12.1. The van der Waals surface area contributed by atoms with Gasteiger partial charge in [0.2, 0.25) is 0 Å². The molecule has 0 aliphatic rings. The molecule has 0 aliphatic carbocycles. The molecular formula is C12H16BrCl. The van der Waals surface area contributed by atoms with E-state index in [0.29, 0.717) is 5.92 Å². The quantitative estimate of drug-likeness (QED) is 0.686. The standard InChI is InChI=1S/C12H16BrCl/c1-2-3-11(9-14)8-10-4-6-12(13)7-5-10/h4-7,11H,2-3,8-9H2,1H3. The summed E-state index contributed by atoms with van der Waals surface area (Å²) < 4.78 is 1.14. The van der Waals surface area contributed by atoms with E-state index in [0.717, 1.165) is 16.8 Å². The summed E-state index contributed by atoms with van der Waals surface area (Å²) in [6.07, 6.45) is 3.54. The molecule has 0 radical (unpaired) electrons. The summed E-state index contributed by atoms with van der Waals surface area (Å²) >= 11 is 9.35. The van der Waals surface area contributed by atoms with E-state index in [1.165, 1.54) is 18.4 Å². The molecule has 0 amide bonds. The molecule has 0 heterocycles. The van der Waals surface area contributed by atoms with Crippen LogP contribution in [0, 0.1) is 5.92 Å². The van der Waals surface area contributed by atoms with Crippen molar-refractivity contribution in [3.8, 4) is 0 Å². The van der Waals surface area contributed by atoms with Crippen LogP contribution in [-0.4, -0.2) is 5.88 Å². The fourth-order valence-electron chi connectivity index (χ4n) is 1.60. The molecule has 1 aromatic rings. The lowest BCUT2D eigenvalue weighted by Gasteiger charge is -2.12. The normalized spacial score (nSPS) is 12.8. The molecule has 0 aliphatic heterocycles. The fraction of sp³-hybridized carbons (Fsp3) is 0.500. The van der Waals surface area contributed by atoms with Gasteiger partial charge in [0, 0.05) is 10.4 Å². The largest absolute Gasteiger partial charge is 0.126 e. The molecule has 1 aromatic carbocycles. The molecule has 1 atom stereocenters. The monoisotopic (exact) mass is 274 g/mol.